The van der Waals surface area contributed by atoms with Crippen molar-refractivity contribution in [3.05, 3.63) is 94.2 Å². The van der Waals surface area contributed by atoms with E-state index >= 15 is 0 Å². The zero-order valence-electron chi connectivity index (χ0n) is 13.0. The molecule has 5 heteroatoms. The Morgan fingerprint density at radius 2 is 1.67 bits per heavy atom. The number of amides is 1. The van der Waals surface area contributed by atoms with Gasteiger partial charge in [0.15, 0.2) is 0 Å². The maximum Gasteiger partial charge on any atom is 0.267 e. The Balaban J connectivity index is 1.92. The fraction of sp³-hybridized carbons (Fsp3) is 0.0526. The second-order valence-electron chi connectivity index (χ2n) is 5.39. The van der Waals surface area contributed by atoms with Crippen molar-refractivity contribution >= 4 is 11.6 Å². The SMILES string of the molecule is Cc1ccc(NC(=O)c2cccn(-c3ccc(F)cc3)c2=O)cc1. The van der Waals surface area contributed by atoms with Crippen LogP contribution in [0.4, 0.5) is 10.1 Å². The fourth-order valence-corrected chi connectivity index (χ4v) is 2.31. The third-order valence-electron chi connectivity index (χ3n) is 3.61. The summed E-state index contributed by atoms with van der Waals surface area (Å²) in [4.78, 5) is 24.9. The van der Waals surface area contributed by atoms with Crippen LogP contribution in [-0.2, 0) is 0 Å². The van der Waals surface area contributed by atoms with Crippen LogP contribution in [0.3, 0.4) is 0 Å². The molecule has 3 aromatic rings. The van der Waals surface area contributed by atoms with E-state index in [2.05, 4.69) is 5.32 Å². The summed E-state index contributed by atoms with van der Waals surface area (Å²) >= 11 is 0. The van der Waals surface area contributed by atoms with E-state index in [9.17, 15) is 14.0 Å². The minimum atomic E-state index is -0.486. The summed E-state index contributed by atoms with van der Waals surface area (Å²) in [7, 11) is 0. The Labute approximate surface area is 138 Å². The fourth-order valence-electron chi connectivity index (χ4n) is 2.31. The summed E-state index contributed by atoms with van der Waals surface area (Å²) in [6.07, 6.45) is 1.54. The Bertz CT molecular complexity index is 929. The first-order valence-corrected chi connectivity index (χ1v) is 7.40. The number of anilines is 1. The number of hydrogen-bond acceptors (Lipinski definition) is 2. The quantitative estimate of drug-likeness (QED) is 0.802. The van der Waals surface area contributed by atoms with Gasteiger partial charge < -0.3 is 5.32 Å². The van der Waals surface area contributed by atoms with Gasteiger partial charge in [-0.15, -0.1) is 0 Å². The topological polar surface area (TPSA) is 51.1 Å². The van der Waals surface area contributed by atoms with Crippen molar-refractivity contribution in [2.45, 2.75) is 6.92 Å². The van der Waals surface area contributed by atoms with Crippen molar-refractivity contribution in [2.75, 3.05) is 5.32 Å². The first-order valence-electron chi connectivity index (χ1n) is 7.40. The van der Waals surface area contributed by atoms with Crippen molar-refractivity contribution in [2.24, 2.45) is 0 Å². The molecular weight excluding hydrogens is 307 g/mol. The highest BCUT2D eigenvalue weighted by Crippen LogP contribution is 2.11. The Kier molecular flexibility index (Phi) is 4.24. The van der Waals surface area contributed by atoms with Gasteiger partial charge >= 0.3 is 0 Å². The van der Waals surface area contributed by atoms with E-state index in [1.54, 1.807) is 18.2 Å². The zero-order chi connectivity index (χ0) is 17.1. The van der Waals surface area contributed by atoms with E-state index in [4.69, 9.17) is 0 Å². The van der Waals surface area contributed by atoms with E-state index in [0.717, 1.165) is 5.56 Å². The number of rotatable bonds is 3. The van der Waals surface area contributed by atoms with Crippen LogP contribution < -0.4 is 10.9 Å². The summed E-state index contributed by atoms with van der Waals surface area (Å²) in [5, 5.41) is 2.70. The molecule has 0 atom stereocenters. The molecule has 0 aliphatic rings. The van der Waals surface area contributed by atoms with Crippen molar-refractivity contribution in [1.29, 1.82) is 0 Å². The number of hydrogen-bond donors (Lipinski definition) is 1. The predicted molar refractivity (Wildman–Crippen MR) is 91.1 cm³/mol. The first kappa shape index (κ1) is 15.7. The number of halogens is 1. The monoisotopic (exact) mass is 322 g/mol. The Morgan fingerprint density at radius 1 is 1.00 bits per heavy atom. The number of carbonyl (C=O) groups is 1. The molecule has 0 saturated carbocycles. The molecule has 1 aromatic heterocycles. The Hall–Kier alpha value is -3.21. The predicted octanol–water partition coefficient (Wildman–Crippen LogP) is 3.54. The molecule has 24 heavy (non-hydrogen) atoms. The van der Waals surface area contributed by atoms with Crippen LogP contribution in [0.25, 0.3) is 5.69 Å². The average molecular weight is 322 g/mol. The van der Waals surface area contributed by atoms with Gasteiger partial charge in [-0.1, -0.05) is 17.7 Å². The largest absolute Gasteiger partial charge is 0.322 e. The minimum absolute atomic E-state index is 0.0161. The van der Waals surface area contributed by atoms with E-state index < -0.39 is 11.5 Å². The highest BCUT2D eigenvalue weighted by atomic mass is 19.1. The molecule has 0 bridgehead atoms. The van der Waals surface area contributed by atoms with Gasteiger partial charge in [-0.05, 0) is 55.5 Å². The second kappa shape index (κ2) is 6.50. The lowest BCUT2D eigenvalue weighted by molar-refractivity contribution is 0.102. The van der Waals surface area contributed by atoms with Crippen molar-refractivity contribution in [3.63, 3.8) is 0 Å². The summed E-state index contributed by atoms with van der Waals surface area (Å²) in [5.74, 6) is -0.875. The van der Waals surface area contributed by atoms with Gasteiger partial charge in [0.1, 0.15) is 11.4 Å². The molecule has 2 aromatic carbocycles. The van der Waals surface area contributed by atoms with Crippen LogP contribution in [0.15, 0.2) is 71.7 Å². The number of nitrogens with zero attached hydrogens (tertiary/aromatic N) is 1. The van der Waals surface area contributed by atoms with Gasteiger partial charge in [-0.25, -0.2) is 4.39 Å². The zero-order valence-corrected chi connectivity index (χ0v) is 13.0. The molecule has 1 amide bonds. The third-order valence-corrected chi connectivity index (χ3v) is 3.61. The normalized spacial score (nSPS) is 10.4. The van der Waals surface area contributed by atoms with Crippen molar-refractivity contribution in [1.82, 2.24) is 4.57 Å². The maximum absolute atomic E-state index is 13.0. The molecule has 0 fully saturated rings. The van der Waals surface area contributed by atoms with E-state index in [1.807, 2.05) is 19.1 Å². The van der Waals surface area contributed by atoms with Crippen LogP contribution in [0.5, 0.6) is 0 Å². The molecule has 0 spiro atoms. The van der Waals surface area contributed by atoms with Crippen molar-refractivity contribution < 1.29 is 9.18 Å². The molecule has 120 valence electrons. The summed E-state index contributed by atoms with van der Waals surface area (Å²) in [5.41, 5.74) is 1.73. The lowest BCUT2D eigenvalue weighted by Crippen LogP contribution is -2.27. The van der Waals surface area contributed by atoms with E-state index in [-0.39, 0.29) is 11.4 Å². The molecule has 4 nitrogen and oxygen atoms in total. The number of nitrogens with one attached hydrogen (secondary N) is 1. The Morgan fingerprint density at radius 3 is 2.33 bits per heavy atom. The van der Waals surface area contributed by atoms with Gasteiger partial charge in [-0.3, -0.25) is 14.2 Å². The van der Waals surface area contributed by atoms with Crippen LogP contribution >= 0.6 is 0 Å². The van der Waals surface area contributed by atoms with Gasteiger partial charge in [0, 0.05) is 17.6 Å². The molecule has 1 N–H and O–H groups in total. The highest BCUT2D eigenvalue weighted by Gasteiger charge is 2.13. The van der Waals surface area contributed by atoms with Gasteiger partial charge in [-0.2, -0.15) is 0 Å². The summed E-state index contributed by atoms with van der Waals surface area (Å²) in [6.45, 7) is 1.95. The highest BCUT2D eigenvalue weighted by molar-refractivity contribution is 6.04. The van der Waals surface area contributed by atoms with E-state index in [1.165, 1.54) is 41.1 Å². The molecular formula is C19H15FN2O2. The van der Waals surface area contributed by atoms with E-state index in [0.29, 0.717) is 11.4 Å². The van der Waals surface area contributed by atoms with Crippen LogP contribution in [0.1, 0.15) is 15.9 Å². The van der Waals surface area contributed by atoms with Crippen LogP contribution in [-0.4, -0.2) is 10.5 Å². The number of carbonyl (C=O) groups excluding carboxylic acids is 1. The molecule has 0 unspecified atom stereocenters. The molecule has 1 heterocycles. The summed E-state index contributed by atoms with van der Waals surface area (Å²) in [6, 6.07) is 15.9. The number of pyridine rings is 1. The second-order valence-corrected chi connectivity index (χ2v) is 5.39. The lowest BCUT2D eigenvalue weighted by atomic mass is 10.2. The molecule has 0 aliphatic carbocycles. The minimum Gasteiger partial charge on any atom is -0.322 e. The maximum atomic E-state index is 13.0. The van der Waals surface area contributed by atoms with Gasteiger partial charge in [0.2, 0.25) is 0 Å². The molecule has 0 saturated heterocycles. The van der Waals surface area contributed by atoms with Crippen LogP contribution in [0, 0.1) is 12.7 Å². The lowest BCUT2D eigenvalue weighted by Gasteiger charge is -2.09. The summed E-state index contributed by atoms with van der Waals surface area (Å²) < 4.78 is 14.3. The molecule has 0 aliphatic heterocycles. The number of aryl methyl sites for hydroxylation is 1. The first-order chi connectivity index (χ1) is 11.5. The van der Waals surface area contributed by atoms with Gasteiger partial charge in [0.25, 0.3) is 11.5 Å². The number of aromatic nitrogens is 1. The third kappa shape index (κ3) is 3.25. The smallest absolute Gasteiger partial charge is 0.267 e. The average Bonchev–Trinajstić information content (AvgIpc) is 2.58. The van der Waals surface area contributed by atoms with Crippen LogP contribution in [0.2, 0.25) is 0 Å². The van der Waals surface area contributed by atoms with Crippen molar-refractivity contribution in [3.8, 4) is 5.69 Å². The number of benzene rings is 2. The molecule has 3 rings (SSSR count). The standard InChI is InChI=1S/C19H15FN2O2/c1-13-4-8-15(9-5-13)21-18(23)17-3-2-12-22(19(17)24)16-10-6-14(20)7-11-16/h2-12H,1H3,(H,21,23). The van der Waals surface area contributed by atoms with Gasteiger partial charge in [0.05, 0.1) is 0 Å². The molecule has 0 radical (unpaired) electrons.